The van der Waals surface area contributed by atoms with Gasteiger partial charge in [-0.1, -0.05) is 32.6 Å². The Kier molecular flexibility index (Phi) is 6.68. The van der Waals surface area contributed by atoms with Crippen LogP contribution in [0, 0.1) is 0 Å². The van der Waals surface area contributed by atoms with Crippen molar-refractivity contribution in [2.45, 2.75) is 51.0 Å². The molecule has 0 saturated carbocycles. The van der Waals surface area contributed by atoms with Crippen LogP contribution in [0.15, 0.2) is 0 Å². The second-order valence-corrected chi connectivity index (χ2v) is 5.84. The summed E-state index contributed by atoms with van der Waals surface area (Å²) in [4.78, 5) is 0. The third kappa shape index (κ3) is 7.26. The molecule has 0 N–H and O–H groups in total. The minimum absolute atomic E-state index is 0.0234. The number of hydrogen-bond donors (Lipinski definition) is 0. The lowest BCUT2D eigenvalue weighted by Gasteiger charge is -2.03. The van der Waals surface area contributed by atoms with Gasteiger partial charge in [0.15, 0.2) is 0 Å². The fourth-order valence-electron chi connectivity index (χ4n) is 1.05. The lowest BCUT2D eigenvalue weighted by atomic mass is 10.1. The molecule has 0 saturated heterocycles. The minimum Gasteiger partial charge on any atom is -0.229 e. The van der Waals surface area contributed by atoms with Gasteiger partial charge in [0.1, 0.15) is 0 Å². The number of rotatable bonds is 7. The van der Waals surface area contributed by atoms with E-state index in [0.29, 0.717) is 6.42 Å². The van der Waals surface area contributed by atoms with Crippen LogP contribution < -0.4 is 0 Å². The molecule has 0 fully saturated rings. The summed E-state index contributed by atoms with van der Waals surface area (Å²) in [5.41, 5.74) is -1.89. The van der Waals surface area contributed by atoms with Crippen molar-refractivity contribution in [2.75, 3.05) is 0 Å². The van der Waals surface area contributed by atoms with Gasteiger partial charge in [-0.05, 0) is 12.8 Å². The predicted octanol–water partition coefficient (Wildman–Crippen LogP) is 3.21. The van der Waals surface area contributed by atoms with Crippen LogP contribution in [0.25, 0.3) is 0 Å². The Labute approximate surface area is 83.9 Å². The molecule has 0 spiro atoms. The maximum absolute atomic E-state index is 12.7. The zero-order valence-electron chi connectivity index (χ0n) is 7.80. The van der Waals surface area contributed by atoms with Crippen molar-refractivity contribution in [1.29, 1.82) is 0 Å². The molecule has 0 aromatic heterocycles. The number of unbranched alkanes of at least 4 members (excludes halogenated alkanes) is 4. The molecule has 0 rings (SSSR count). The second-order valence-electron chi connectivity index (χ2n) is 3.09. The summed E-state index contributed by atoms with van der Waals surface area (Å²) in [5, 5.41) is 0. The molecule has 80 valence electrons. The topological polar surface area (TPSA) is 34.1 Å². The summed E-state index contributed by atoms with van der Waals surface area (Å²) in [7, 11) is 0.831. The Bertz CT molecular complexity index is 216. The number of hydrogen-bond acceptors (Lipinski definition) is 2. The van der Waals surface area contributed by atoms with Crippen LogP contribution in [0.4, 0.5) is 4.39 Å². The SMILES string of the molecule is CCCCCCCC(F)S(=O)(=O)Cl. The van der Waals surface area contributed by atoms with Crippen molar-refractivity contribution in [1.82, 2.24) is 0 Å². The van der Waals surface area contributed by atoms with Crippen LogP contribution in [0.2, 0.25) is 0 Å². The summed E-state index contributed by atoms with van der Waals surface area (Å²) in [6.07, 6.45) is 4.76. The van der Waals surface area contributed by atoms with Crippen LogP contribution in [0.3, 0.4) is 0 Å². The molecule has 0 heterocycles. The van der Waals surface area contributed by atoms with Gasteiger partial charge < -0.3 is 0 Å². The van der Waals surface area contributed by atoms with Gasteiger partial charge in [-0.25, -0.2) is 12.8 Å². The van der Waals surface area contributed by atoms with Crippen LogP contribution in [-0.4, -0.2) is 13.9 Å². The Morgan fingerprint density at radius 1 is 1.23 bits per heavy atom. The van der Waals surface area contributed by atoms with Gasteiger partial charge in [0.05, 0.1) is 0 Å². The zero-order chi connectivity index (χ0) is 10.3. The lowest BCUT2D eigenvalue weighted by Crippen LogP contribution is -2.09. The predicted molar refractivity (Wildman–Crippen MR) is 53.0 cm³/mol. The van der Waals surface area contributed by atoms with E-state index >= 15 is 0 Å². The van der Waals surface area contributed by atoms with Crippen LogP contribution in [0.1, 0.15) is 45.4 Å². The highest BCUT2D eigenvalue weighted by Crippen LogP contribution is 2.16. The monoisotopic (exact) mass is 230 g/mol. The first-order valence-corrected chi connectivity index (χ1v) is 6.93. The van der Waals surface area contributed by atoms with Crippen LogP contribution in [0.5, 0.6) is 0 Å². The highest BCUT2D eigenvalue weighted by Gasteiger charge is 2.20. The molecule has 1 atom stereocenters. The van der Waals surface area contributed by atoms with E-state index in [0.717, 1.165) is 25.7 Å². The summed E-state index contributed by atoms with van der Waals surface area (Å²) < 4.78 is 33.6. The molecule has 0 aromatic rings. The van der Waals surface area contributed by atoms with Crippen molar-refractivity contribution in [3.8, 4) is 0 Å². The third-order valence-corrected chi connectivity index (χ3v) is 3.27. The molecule has 5 heteroatoms. The lowest BCUT2D eigenvalue weighted by molar-refractivity contribution is 0.390. The molecule has 0 aliphatic heterocycles. The Hall–Kier alpha value is 0.170. The van der Waals surface area contributed by atoms with Crippen LogP contribution in [-0.2, 0) is 9.05 Å². The maximum atomic E-state index is 12.7. The summed E-state index contributed by atoms with van der Waals surface area (Å²) in [5.74, 6) is 0. The Morgan fingerprint density at radius 2 is 1.77 bits per heavy atom. The Morgan fingerprint density at radius 3 is 2.23 bits per heavy atom. The molecule has 2 nitrogen and oxygen atoms in total. The maximum Gasteiger partial charge on any atom is 0.264 e. The van der Waals surface area contributed by atoms with E-state index in [4.69, 9.17) is 10.7 Å². The summed E-state index contributed by atoms with van der Waals surface area (Å²) >= 11 is 0. The molecule has 0 amide bonds. The zero-order valence-corrected chi connectivity index (χ0v) is 9.37. The average molecular weight is 231 g/mol. The fraction of sp³-hybridized carbons (Fsp3) is 1.00. The molecule has 0 aromatic carbocycles. The third-order valence-electron chi connectivity index (χ3n) is 1.84. The van der Waals surface area contributed by atoms with E-state index < -0.39 is 14.6 Å². The second kappa shape index (κ2) is 6.60. The van der Waals surface area contributed by atoms with Gasteiger partial charge >= 0.3 is 0 Å². The van der Waals surface area contributed by atoms with E-state index in [-0.39, 0.29) is 6.42 Å². The Balaban J connectivity index is 3.44. The molecule has 1 unspecified atom stereocenters. The van der Waals surface area contributed by atoms with E-state index in [1.807, 2.05) is 0 Å². The standard InChI is InChI=1S/C8H16ClFO2S/c1-2-3-4-5-6-7-8(10)13(9,11)12/h8H,2-7H2,1H3. The first-order valence-electron chi connectivity index (χ1n) is 4.56. The van der Waals surface area contributed by atoms with Crippen molar-refractivity contribution < 1.29 is 12.8 Å². The minimum atomic E-state index is -3.99. The van der Waals surface area contributed by atoms with E-state index in [1.54, 1.807) is 0 Å². The molecule has 13 heavy (non-hydrogen) atoms. The fourth-order valence-corrected chi connectivity index (χ4v) is 1.76. The summed E-state index contributed by atoms with van der Waals surface area (Å²) in [6.45, 7) is 2.08. The van der Waals surface area contributed by atoms with Gasteiger partial charge in [0.2, 0.25) is 5.50 Å². The van der Waals surface area contributed by atoms with E-state index in [2.05, 4.69) is 6.92 Å². The number of halogens is 2. The smallest absolute Gasteiger partial charge is 0.229 e. The van der Waals surface area contributed by atoms with Gasteiger partial charge in [-0.15, -0.1) is 0 Å². The molecule has 0 aliphatic rings. The van der Waals surface area contributed by atoms with Crippen molar-refractivity contribution in [2.24, 2.45) is 0 Å². The van der Waals surface area contributed by atoms with Crippen molar-refractivity contribution in [3.63, 3.8) is 0 Å². The molecule has 0 radical (unpaired) electrons. The quantitative estimate of drug-likeness (QED) is 0.497. The van der Waals surface area contributed by atoms with Crippen LogP contribution >= 0.6 is 10.7 Å². The summed E-state index contributed by atoms with van der Waals surface area (Å²) in [6, 6.07) is 0. The first-order chi connectivity index (χ1) is 5.98. The van der Waals surface area contributed by atoms with E-state index in [1.165, 1.54) is 0 Å². The molecular formula is C8H16ClFO2S. The normalized spacial score (nSPS) is 14.4. The molecular weight excluding hydrogens is 215 g/mol. The van der Waals surface area contributed by atoms with Gasteiger partial charge in [-0.2, -0.15) is 0 Å². The highest BCUT2D eigenvalue weighted by atomic mass is 35.7. The largest absolute Gasteiger partial charge is 0.264 e. The highest BCUT2D eigenvalue weighted by molar-refractivity contribution is 8.14. The van der Waals surface area contributed by atoms with Crippen molar-refractivity contribution in [3.05, 3.63) is 0 Å². The molecule has 0 aliphatic carbocycles. The molecule has 0 bridgehead atoms. The van der Waals surface area contributed by atoms with E-state index in [9.17, 15) is 12.8 Å². The van der Waals surface area contributed by atoms with Gasteiger partial charge in [-0.3, -0.25) is 0 Å². The average Bonchev–Trinajstić information content (AvgIpc) is 2.02. The number of alkyl halides is 1. The van der Waals surface area contributed by atoms with Crippen molar-refractivity contribution >= 4 is 19.7 Å². The van der Waals surface area contributed by atoms with Gasteiger partial charge in [0, 0.05) is 10.7 Å². The first kappa shape index (κ1) is 13.2. The van der Waals surface area contributed by atoms with Gasteiger partial charge in [0.25, 0.3) is 9.05 Å².